The molecule has 0 unspecified atom stereocenters. The molecule has 108 valence electrons. The molecule has 20 heavy (non-hydrogen) atoms. The Bertz CT molecular complexity index is 523. The van der Waals surface area contributed by atoms with Crippen LogP contribution >= 0.6 is 0 Å². The van der Waals surface area contributed by atoms with Gasteiger partial charge in [-0.25, -0.2) is 4.39 Å². The zero-order valence-corrected chi connectivity index (χ0v) is 11.0. The number of nitrogens with two attached hydrogens (primary N) is 1. The summed E-state index contributed by atoms with van der Waals surface area (Å²) in [6.07, 6.45) is 0.972. The third kappa shape index (κ3) is 2.36. The first-order valence-corrected chi connectivity index (χ1v) is 6.78. The van der Waals surface area contributed by atoms with Gasteiger partial charge in [0.15, 0.2) is 0 Å². The number of carbonyl (C=O) groups is 1. The molecule has 0 spiro atoms. The second-order valence-corrected chi connectivity index (χ2v) is 5.01. The molecular weight excluding hydrogens is 263 g/mol. The second kappa shape index (κ2) is 5.38. The number of fused-ring (bicyclic) bond motifs is 1. The second-order valence-electron chi connectivity index (χ2n) is 5.01. The number of halogens is 1. The highest BCUT2D eigenvalue weighted by molar-refractivity contribution is 5.98. The van der Waals surface area contributed by atoms with Crippen LogP contribution in [0.3, 0.4) is 0 Å². The summed E-state index contributed by atoms with van der Waals surface area (Å²) in [7, 11) is 0. The molecule has 1 saturated heterocycles. The molecule has 1 aromatic carbocycles. The lowest BCUT2D eigenvalue weighted by molar-refractivity contribution is -0.129. The predicted octanol–water partition coefficient (Wildman–Crippen LogP) is 1.06. The van der Waals surface area contributed by atoms with E-state index in [9.17, 15) is 9.18 Å². The van der Waals surface area contributed by atoms with E-state index in [1.54, 1.807) is 11.0 Å². The van der Waals surface area contributed by atoms with Crippen LogP contribution in [-0.2, 0) is 9.53 Å². The molecule has 1 amide bonds. The Morgan fingerprint density at radius 3 is 3.05 bits per heavy atom. The van der Waals surface area contributed by atoms with E-state index < -0.39 is 6.10 Å². The molecular formula is C14H17FN2O3. The van der Waals surface area contributed by atoms with E-state index in [4.69, 9.17) is 15.2 Å². The molecule has 0 radical (unpaired) electrons. The minimum absolute atomic E-state index is 0.0438. The van der Waals surface area contributed by atoms with Gasteiger partial charge in [-0.05, 0) is 25.0 Å². The zero-order valence-electron chi connectivity index (χ0n) is 11.0. The van der Waals surface area contributed by atoms with E-state index in [0.29, 0.717) is 37.6 Å². The van der Waals surface area contributed by atoms with Gasteiger partial charge in [0, 0.05) is 12.6 Å². The van der Waals surface area contributed by atoms with Crippen LogP contribution in [0.4, 0.5) is 10.1 Å². The van der Waals surface area contributed by atoms with Gasteiger partial charge in [-0.15, -0.1) is 0 Å². The summed E-state index contributed by atoms with van der Waals surface area (Å²) < 4.78 is 24.2. The summed E-state index contributed by atoms with van der Waals surface area (Å²) in [5.41, 5.74) is 6.16. The Morgan fingerprint density at radius 1 is 1.45 bits per heavy atom. The molecule has 5 nitrogen and oxygen atoms in total. The van der Waals surface area contributed by atoms with Crippen molar-refractivity contribution in [1.82, 2.24) is 0 Å². The van der Waals surface area contributed by atoms with Gasteiger partial charge in [-0.3, -0.25) is 4.79 Å². The van der Waals surface area contributed by atoms with E-state index in [0.717, 1.165) is 6.42 Å². The largest absolute Gasteiger partial charge is 0.489 e. The maximum absolute atomic E-state index is 13.2. The SMILES string of the molecule is NC[C@H]1CC[C@@H](C(=O)N2CCOc3cc(F)ccc32)O1. The molecule has 0 bridgehead atoms. The van der Waals surface area contributed by atoms with Crippen molar-refractivity contribution in [3.63, 3.8) is 0 Å². The first-order chi connectivity index (χ1) is 9.69. The van der Waals surface area contributed by atoms with Gasteiger partial charge in [0.2, 0.25) is 0 Å². The zero-order chi connectivity index (χ0) is 14.1. The third-order valence-corrected chi connectivity index (χ3v) is 3.70. The molecule has 1 aromatic rings. The Morgan fingerprint density at radius 2 is 2.30 bits per heavy atom. The fourth-order valence-corrected chi connectivity index (χ4v) is 2.66. The maximum Gasteiger partial charge on any atom is 0.256 e. The Hall–Kier alpha value is -1.66. The summed E-state index contributed by atoms with van der Waals surface area (Å²) in [6.45, 7) is 1.23. The highest BCUT2D eigenvalue weighted by atomic mass is 19.1. The molecule has 2 aliphatic heterocycles. The molecule has 2 N–H and O–H groups in total. The van der Waals surface area contributed by atoms with Gasteiger partial charge >= 0.3 is 0 Å². The van der Waals surface area contributed by atoms with E-state index in [2.05, 4.69) is 0 Å². The maximum atomic E-state index is 13.2. The van der Waals surface area contributed by atoms with Gasteiger partial charge in [0.05, 0.1) is 18.3 Å². The van der Waals surface area contributed by atoms with Crippen molar-refractivity contribution >= 4 is 11.6 Å². The van der Waals surface area contributed by atoms with E-state index in [-0.39, 0.29) is 17.8 Å². The number of nitrogens with zero attached hydrogens (tertiary/aromatic N) is 1. The van der Waals surface area contributed by atoms with Crippen molar-refractivity contribution in [2.24, 2.45) is 5.73 Å². The van der Waals surface area contributed by atoms with Gasteiger partial charge < -0.3 is 20.1 Å². The highest BCUT2D eigenvalue weighted by Crippen LogP contribution is 2.33. The molecule has 2 heterocycles. The van der Waals surface area contributed by atoms with Crippen molar-refractivity contribution in [3.8, 4) is 5.75 Å². The third-order valence-electron chi connectivity index (χ3n) is 3.70. The summed E-state index contributed by atoms with van der Waals surface area (Å²) >= 11 is 0. The number of hydrogen-bond donors (Lipinski definition) is 1. The number of amides is 1. The average Bonchev–Trinajstić information content (AvgIpc) is 2.94. The summed E-state index contributed by atoms with van der Waals surface area (Å²) in [5.74, 6) is -0.0755. The van der Waals surface area contributed by atoms with Gasteiger partial charge in [0.1, 0.15) is 24.3 Å². The lowest BCUT2D eigenvalue weighted by atomic mass is 10.1. The lowest BCUT2D eigenvalue weighted by Crippen LogP contribution is -2.44. The van der Waals surface area contributed by atoms with E-state index in [1.807, 2.05) is 0 Å². The van der Waals surface area contributed by atoms with Crippen molar-refractivity contribution in [1.29, 1.82) is 0 Å². The lowest BCUT2D eigenvalue weighted by Gasteiger charge is -2.31. The molecule has 0 aliphatic carbocycles. The summed E-state index contributed by atoms with van der Waals surface area (Å²) in [5, 5.41) is 0. The smallest absolute Gasteiger partial charge is 0.256 e. The summed E-state index contributed by atoms with van der Waals surface area (Å²) in [4.78, 5) is 14.1. The molecule has 0 aromatic heterocycles. The first kappa shape index (κ1) is 13.3. The van der Waals surface area contributed by atoms with Crippen LogP contribution in [0.25, 0.3) is 0 Å². The highest BCUT2D eigenvalue weighted by Gasteiger charge is 2.35. The van der Waals surface area contributed by atoms with Gasteiger partial charge in [0.25, 0.3) is 5.91 Å². The van der Waals surface area contributed by atoms with Crippen LogP contribution in [0, 0.1) is 5.82 Å². The standard InChI is InChI=1S/C14H17FN2O3/c15-9-1-3-11-13(7-9)19-6-5-17(11)14(18)12-4-2-10(8-16)20-12/h1,3,7,10,12H,2,4-6,8,16H2/t10-,12+/m1/s1. The van der Waals surface area contributed by atoms with Crippen LogP contribution in [0.5, 0.6) is 5.75 Å². The molecule has 2 atom stereocenters. The number of hydrogen-bond acceptors (Lipinski definition) is 4. The van der Waals surface area contributed by atoms with Crippen molar-refractivity contribution < 1.29 is 18.7 Å². The van der Waals surface area contributed by atoms with Crippen LogP contribution in [0.2, 0.25) is 0 Å². The van der Waals surface area contributed by atoms with E-state index in [1.165, 1.54) is 12.1 Å². The average molecular weight is 280 g/mol. The van der Waals surface area contributed by atoms with Crippen LogP contribution in [0.15, 0.2) is 18.2 Å². The quantitative estimate of drug-likeness (QED) is 0.879. The number of anilines is 1. The molecule has 0 saturated carbocycles. The van der Waals surface area contributed by atoms with Crippen LogP contribution < -0.4 is 15.4 Å². The minimum Gasteiger partial charge on any atom is -0.489 e. The number of rotatable bonds is 2. The van der Waals surface area contributed by atoms with Crippen molar-refractivity contribution in [2.75, 3.05) is 24.6 Å². The van der Waals surface area contributed by atoms with Crippen molar-refractivity contribution in [2.45, 2.75) is 25.0 Å². The fourth-order valence-electron chi connectivity index (χ4n) is 2.66. The Balaban J connectivity index is 1.80. The fraction of sp³-hybridized carbons (Fsp3) is 0.500. The Kier molecular flexibility index (Phi) is 3.58. The molecule has 6 heteroatoms. The number of carbonyl (C=O) groups excluding carboxylic acids is 1. The monoisotopic (exact) mass is 280 g/mol. The van der Waals surface area contributed by atoms with Crippen LogP contribution in [-0.4, -0.2) is 37.8 Å². The Labute approximate surface area is 116 Å². The molecule has 3 rings (SSSR count). The summed E-state index contributed by atoms with van der Waals surface area (Å²) in [6, 6.07) is 4.19. The topological polar surface area (TPSA) is 64.8 Å². The van der Waals surface area contributed by atoms with Gasteiger partial charge in [-0.2, -0.15) is 0 Å². The normalized spacial score (nSPS) is 25.2. The number of ether oxygens (including phenoxy) is 2. The van der Waals surface area contributed by atoms with Crippen LogP contribution in [0.1, 0.15) is 12.8 Å². The van der Waals surface area contributed by atoms with Crippen molar-refractivity contribution in [3.05, 3.63) is 24.0 Å². The van der Waals surface area contributed by atoms with Gasteiger partial charge in [-0.1, -0.05) is 0 Å². The molecule has 2 aliphatic rings. The minimum atomic E-state index is -0.459. The number of benzene rings is 1. The molecule has 1 fully saturated rings. The first-order valence-electron chi connectivity index (χ1n) is 6.78. The van der Waals surface area contributed by atoms with E-state index >= 15 is 0 Å². The predicted molar refractivity (Wildman–Crippen MR) is 71.2 cm³/mol.